The van der Waals surface area contributed by atoms with Crippen molar-refractivity contribution in [3.8, 4) is 11.5 Å². The van der Waals surface area contributed by atoms with Crippen molar-refractivity contribution in [1.82, 2.24) is 14.9 Å². The van der Waals surface area contributed by atoms with Crippen LogP contribution in [0.15, 0.2) is 46.4 Å². The van der Waals surface area contributed by atoms with Crippen LogP contribution in [0, 0.1) is 6.92 Å². The smallest absolute Gasteiger partial charge is 0.229 e. The Kier molecular flexibility index (Phi) is 7.57. The van der Waals surface area contributed by atoms with Crippen molar-refractivity contribution >= 4 is 34.0 Å². The van der Waals surface area contributed by atoms with Crippen LogP contribution in [-0.4, -0.2) is 61.3 Å². The number of fused-ring (bicyclic) bond motifs is 1. The zero-order chi connectivity index (χ0) is 25.8. The van der Waals surface area contributed by atoms with Crippen LogP contribution in [0.2, 0.25) is 0 Å². The molecule has 5 rings (SSSR count). The standard InChI is InChI=1S/C27H30N4O5S/c1-18-28-20(17-37-18)14-25(32)31(16-21-5-4-10-36-21)15-19-13-22-23(33-2)6-7-24(34-3)26(22)29-27(19)30-8-11-35-12-9-30/h4-7,10,13,17H,8-9,11-12,14-16H2,1-3H3. The molecule has 4 heterocycles. The fourth-order valence-electron chi connectivity index (χ4n) is 4.53. The minimum absolute atomic E-state index is 0.0349. The number of carbonyl (C=O) groups excluding carboxylic acids is 1. The molecule has 10 heteroatoms. The Morgan fingerprint density at radius 2 is 1.89 bits per heavy atom. The first-order valence-electron chi connectivity index (χ1n) is 12.1. The normalized spacial score (nSPS) is 13.6. The maximum atomic E-state index is 13.6. The highest BCUT2D eigenvalue weighted by atomic mass is 32.1. The number of aromatic nitrogens is 2. The summed E-state index contributed by atoms with van der Waals surface area (Å²) >= 11 is 1.54. The van der Waals surface area contributed by atoms with Crippen LogP contribution >= 0.6 is 11.3 Å². The number of methoxy groups -OCH3 is 2. The number of hydrogen-bond donors (Lipinski definition) is 0. The number of nitrogens with zero attached hydrogens (tertiary/aromatic N) is 4. The number of rotatable bonds is 9. The molecule has 1 aliphatic heterocycles. The number of morpholine rings is 1. The van der Waals surface area contributed by atoms with Crippen LogP contribution in [0.25, 0.3) is 10.9 Å². The van der Waals surface area contributed by atoms with Gasteiger partial charge in [0.25, 0.3) is 0 Å². The predicted molar refractivity (Wildman–Crippen MR) is 141 cm³/mol. The van der Waals surface area contributed by atoms with Crippen molar-refractivity contribution in [2.45, 2.75) is 26.4 Å². The SMILES string of the molecule is COc1ccc(OC)c2nc(N3CCOCC3)c(CN(Cc3ccco3)C(=O)Cc3csc(C)n3)cc12. The molecule has 0 unspecified atom stereocenters. The molecule has 4 aromatic rings. The van der Waals surface area contributed by atoms with Gasteiger partial charge >= 0.3 is 0 Å². The first kappa shape index (κ1) is 25.0. The van der Waals surface area contributed by atoms with Crippen molar-refractivity contribution in [2.24, 2.45) is 0 Å². The fraction of sp³-hybridized carbons (Fsp3) is 0.370. The van der Waals surface area contributed by atoms with Gasteiger partial charge < -0.3 is 28.4 Å². The molecule has 1 amide bonds. The quantitative estimate of drug-likeness (QED) is 0.323. The summed E-state index contributed by atoms with van der Waals surface area (Å²) in [6.07, 6.45) is 1.84. The number of benzene rings is 1. The fourth-order valence-corrected chi connectivity index (χ4v) is 5.15. The van der Waals surface area contributed by atoms with Crippen molar-refractivity contribution in [3.63, 3.8) is 0 Å². The second-order valence-corrected chi connectivity index (χ2v) is 9.86. The Labute approximate surface area is 219 Å². The number of thiazole rings is 1. The second kappa shape index (κ2) is 11.2. The molecule has 194 valence electrons. The average Bonchev–Trinajstić information content (AvgIpc) is 3.59. The Bertz CT molecular complexity index is 1360. The van der Waals surface area contributed by atoms with Gasteiger partial charge in [0.05, 0.1) is 57.4 Å². The lowest BCUT2D eigenvalue weighted by Gasteiger charge is -2.31. The zero-order valence-corrected chi connectivity index (χ0v) is 22.0. The highest BCUT2D eigenvalue weighted by Gasteiger charge is 2.24. The molecule has 0 aliphatic carbocycles. The van der Waals surface area contributed by atoms with E-state index in [-0.39, 0.29) is 12.3 Å². The van der Waals surface area contributed by atoms with Gasteiger partial charge in [-0.2, -0.15) is 0 Å². The average molecular weight is 523 g/mol. The summed E-state index contributed by atoms with van der Waals surface area (Å²) in [4.78, 5) is 27.1. The maximum Gasteiger partial charge on any atom is 0.229 e. The molecule has 0 N–H and O–H groups in total. The van der Waals surface area contributed by atoms with Crippen LogP contribution in [-0.2, 0) is 29.0 Å². The second-order valence-electron chi connectivity index (χ2n) is 8.80. The molecule has 9 nitrogen and oxygen atoms in total. The molecule has 3 aromatic heterocycles. The van der Waals surface area contributed by atoms with Crippen molar-refractivity contribution in [3.05, 3.63) is 64.0 Å². The van der Waals surface area contributed by atoms with Gasteiger partial charge in [-0.05, 0) is 37.3 Å². The number of aryl methyl sites for hydroxylation is 1. The number of amides is 1. The third-order valence-corrected chi connectivity index (χ3v) is 7.18. The summed E-state index contributed by atoms with van der Waals surface area (Å²) in [6.45, 7) is 5.28. The van der Waals surface area contributed by atoms with Crippen LogP contribution in [0.4, 0.5) is 5.82 Å². The lowest BCUT2D eigenvalue weighted by atomic mass is 10.1. The lowest BCUT2D eigenvalue weighted by molar-refractivity contribution is -0.132. The molecule has 1 fully saturated rings. The third kappa shape index (κ3) is 5.55. The highest BCUT2D eigenvalue weighted by molar-refractivity contribution is 7.09. The Morgan fingerprint density at radius 1 is 1.11 bits per heavy atom. The number of anilines is 1. The van der Waals surface area contributed by atoms with Crippen molar-refractivity contribution < 1.29 is 23.4 Å². The van der Waals surface area contributed by atoms with Gasteiger partial charge in [0.15, 0.2) is 0 Å². The summed E-state index contributed by atoms with van der Waals surface area (Å²) in [5.74, 6) is 2.85. The third-order valence-electron chi connectivity index (χ3n) is 6.35. The Morgan fingerprint density at radius 3 is 2.57 bits per heavy atom. The lowest BCUT2D eigenvalue weighted by Crippen LogP contribution is -2.38. The van der Waals surface area contributed by atoms with E-state index >= 15 is 0 Å². The minimum atomic E-state index is -0.0349. The summed E-state index contributed by atoms with van der Waals surface area (Å²) in [5.41, 5.74) is 2.40. The monoisotopic (exact) mass is 522 g/mol. The minimum Gasteiger partial charge on any atom is -0.496 e. The number of carbonyl (C=O) groups is 1. The Hall–Kier alpha value is -3.63. The van der Waals surface area contributed by atoms with Gasteiger partial charge in [-0.25, -0.2) is 9.97 Å². The van der Waals surface area contributed by atoms with E-state index in [1.54, 1.807) is 36.7 Å². The van der Waals surface area contributed by atoms with Gasteiger partial charge in [-0.3, -0.25) is 4.79 Å². The van der Waals surface area contributed by atoms with Crippen LogP contribution in [0.1, 0.15) is 22.0 Å². The van der Waals surface area contributed by atoms with Gasteiger partial charge in [-0.15, -0.1) is 11.3 Å². The molecule has 0 spiro atoms. The number of pyridine rings is 1. The molecule has 0 bridgehead atoms. The van der Waals surface area contributed by atoms with E-state index in [9.17, 15) is 4.79 Å². The Balaban J connectivity index is 1.57. The first-order valence-corrected chi connectivity index (χ1v) is 13.0. The van der Waals surface area contributed by atoms with Crippen LogP contribution in [0.3, 0.4) is 0 Å². The molecule has 1 aliphatic rings. The molecule has 0 saturated carbocycles. The number of hydrogen-bond acceptors (Lipinski definition) is 9. The number of ether oxygens (including phenoxy) is 3. The summed E-state index contributed by atoms with van der Waals surface area (Å²) in [5, 5.41) is 3.70. The molecule has 1 aromatic carbocycles. The summed E-state index contributed by atoms with van der Waals surface area (Å²) in [6, 6.07) is 9.50. The van der Waals surface area contributed by atoms with E-state index in [4.69, 9.17) is 23.6 Å². The zero-order valence-electron chi connectivity index (χ0n) is 21.2. The van der Waals surface area contributed by atoms with E-state index in [0.29, 0.717) is 62.2 Å². The maximum absolute atomic E-state index is 13.6. The molecular weight excluding hydrogens is 492 g/mol. The van der Waals surface area contributed by atoms with Gasteiger partial charge in [0.2, 0.25) is 5.91 Å². The van der Waals surface area contributed by atoms with Crippen molar-refractivity contribution in [1.29, 1.82) is 0 Å². The van der Waals surface area contributed by atoms with E-state index in [2.05, 4.69) is 16.0 Å². The topological polar surface area (TPSA) is 90.2 Å². The van der Waals surface area contributed by atoms with Crippen LogP contribution in [0.5, 0.6) is 11.5 Å². The van der Waals surface area contributed by atoms with E-state index < -0.39 is 0 Å². The molecule has 0 radical (unpaired) electrons. The summed E-state index contributed by atoms with van der Waals surface area (Å²) < 4.78 is 22.5. The molecule has 0 atom stereocenters. The van der Waals surface area contributed by atoms with E-state index in [1.807, 2.05) is 36.6 Å². The van der Waals surface area contributed by atoms with Gasteiger partial charge in [0, 0.05) is 36.0 Å². The largest absolute Gasteiger partial charge is 0.496 e. The molecule has 1 saturated heterocycles. The molecule has 37 heavy (non-hydrogen) atoms. The van der Waals surface area contributed by atoms with Gasteiger partial charge in [-0.1, -0.05) is 0 Å². The van der Waals surface area contributed by atoms with Crippen LogP contribution < -0.4 is 14.4 Å². The van der Waals surface area contributed by atoms with Gasteiger partial charge in [0.1, 0.15) is 28.6 Å². The van der Waals surface area contributed by atoms with E-state index in [0.717, 1.165) is 27.5 Å². The molecular formula is C27H30N4O5S. The summed E-state index contributed by atoms with van der Waals surface area (Å²) in [7, 11) is 3.27. The van der Waals surface area contributed by atoms with Crippen molar-refractivity contribution in [2.75, 3.05) is 45.4 Å². The first-order chi connectivity index (χ1) is 18.1. The van der Waals surface area contributed by atoms with E-state index in [1.165, 1.54) is 0 Å². The highest BCUT2D eigenvalue weighted by Crippen LogP contribution is 2.36. The predicted octanol–water partition coefficient (Wildman–Crippen LogP) is 4.22. The number of furan rings is 1.